The van der Waals surface area contributed by atoms with Gasteiger partial charge in [-0.05, 0) is 34.0 Å². The molecule has 0 aliphatic heterocycles. The van der Waals surface area contributed by atoms with Crippen molar-refractivity contribution in [1.29, 1.82) is 0 Å². The third-order valence-electron chi connectivity index (χ3n) is 2.35. The molecule has 0 aromatic carbocycles. The van der Waals surface area contributed by atoms with Crippen LogP contribution in [0.1, 0.15) is 13.3 Å². The summed E-state index contributed by atoms with van der Waals surface area (Å²) in [5.41, 5.74) is -0.282. The van der Waals surface area contributed by atoms with Crippen molar-refractivity contribution in [1.82, 2.24) is 14.9 Å². The second kappa shape index (κ2) is 6.46. The number of rotatable bonds is 6. The van der Waals surface area contributed by atoms with Crippen LogP contribution in [0.4, 0.5) is 11.5 Å². The molecule has 0 fully saturated rings. The molecule has 0 radical (unpaired) electrons. The number of anilines is 1. The average Bonchev–Trinajstić information content (AvgIpc) is 2.26. The maximum atomic E-state index is 10.9. The first-order chi connectivity index (χ1) is 8.41. The first-order valence-electron chi connectivity index (χ1n) is 5.48. The Kier molecular flexibility index (Phi) is 5.24. The van der Waals surface area contributed by atoms with Crippen LogP contribution in [0.5, 0.6) is 0 Å². The van der Waals surface area contributed by atoms with E-state index in [4.69, 9.17) is 11.6 Å². The summed E-state index contributed by atoms with van der Waals surface area (Å²) < 4.78 is 0. The zero-order valence-corrected chi connectivity index (χ0v) is 11.3. The van der Waals surface area contributed by atoms with Gasteiger partial charge in [0.05, 0.1) is 4.92 Å². The molecule has 0 aliphatic carbocycles. The number of nitro groups is 1. The van der Waals surface area contributed by atoms with Crippen molar-refractivity contribution in [2.24, 2.45) is 0 Å². The van der Waals surface area contributed by atoms with Crippen molar-refractivity contribution in [3.8, 4) is 0 Å². The minimum atomic E-state index is -0.580. The summed E-state index contributed by atoms with van der Waals surface area (Å²) in [6.07, 6.45) is 2.04. The highest BCUT2D eigenvalue weighted by Crippen LogP contribution is 2.28. The molecule has 1 heterocycles. The maximum Gasteiger partial charge on any atom is 0.348 e. The molecule has 0 saturated carbocycles. The first-order valence-corrected chi connectivity index (χ1v) is 5.85. The summed E-state index contributed by atoms with van der Waals surface area (Å²) in [5.74, 6) is 0.159. The molecule has 0 saturated heterocycles. The first kappa shape index (κ1) is 14.6. The minimum Gasteiger partial charge on any atom is -0.362 e. The summed E-state index contributed by atoms with van der Waals surface area (Å²) in [6, 6.07) is 0.0528. The van der Waals surface area contributed by atoms with Crippen LogP contribution in [0.2, 0.25) is 5.15 Å². The molecular formula is C10H16ClN5O2. The monoisotopic (exact) mass is 273 g/mol. The average molecular weight is 274 g/mol. The van der Waals surface area contributed by atoms with Crippen LogP contribution in [-0.2, 0) is 0 Å². The normalized spacial score (nSPS) is 12.5. The van der Waals surface area contributed by atoms with Crippen molar-refractivity contribution in [3.63, 3.8) is 0 Å². The van der Waals surface area contributed by atoms with Crippen molar-refractivity contribution in [2.75, 3.05) is 26.0 Å². The molecule has 0 amide bonds. The zero-order valence-electron chi connectivity index (χ0n) is 10.6. The largest absolute Gasteiger partial charge is 0.362 e. The fourth-order valence-corrected chi connectivity index (χ4v) is 1.58. The Bertz CT molecular complexity index is 427. The highest BCUT2D eigenvalue weighted by atomic mass is 35.5. The number of nitrogens with zero attached hydrogens (tertiary/aromatic N) is 4. The van der Waals surface area contributed by atoms with E-state index < -0.39 is 4.92 Å². The topological polar surface area (TPSA) is 84.2 Å². The molecule has 100 valence electrons. The Morgan fingerprint density at radius 1 is 1.56 bits per heavy atom. The van der Waals surface area contributed by atoms with Crippen molar-refractivity contribution >= 4 is 23.1 Å². The second-order valence-corrected chi connectivity index (χ2v) is 4.61. The molecule has 1 N–H and O–H groups in total. The molecular weight excluding hydrogens is 258 g/mol. The van der Waals surface area contributed by atoms with Gasteiger partial charge in [0.2, 0.25) is 11.0 Å². The Balaban J connectivity index is 2.78. The van der Waals surface area contributed by atoms with Gasteiger partial charge in [0, 0.05) is 6.04 Å². The molecule has 18 heavy (non-hydrogen) atoms. The van der Waals surface area contributed by atoms with Gasteiger partial charge < -0.3 is 10.2 Å². The Morgan fingerprint density at radius 3 is 2.78 bits per heavy atom. The van der Waals surface area contributed by atoms with E-state index in [9.17, 15) is 10.1 Å². The molecule has 1 atom stereocenters. The lowest BCUT2D eigenvalue weighted by Gasteiger charge is -2.17. The molecule has 0 aliphatic rings. The zero-order chi connectivity index (χ0) is 13.7. The number of hydrogen-bond acceptors (Lipinski definition) is 6. The third kappa shape index (κ3) is 4.08. The minimum absolute atomic E-state index is 0.0528. The third-order valence-corrected chi connectivity index (χ3v) is 2.63. The van der Waals surface area contributed by atoms with Crippen LogP contribution in [0, 0.1) is 10.1 Å². The van der Waals surface area contributed by atoms with E-state index in [1.54, 1.807) is 0 Å². The Hall–Kier alpha value is -1.47. The van der Waals surface area contributed by atoms with Crippen molar-refractivity contribution in [2.45, 2.75) is 19.4 Å². The van der Waals surface area contributed by atoms with Crippen LogP contribution >= 0.6 is 11.6 Å². The van der Waals surface area contributed by atoms with E-state index in [2.05, 4.69) is 15.3 Å². The summed E-state index contributed by atoms with van der Waals surface area (Å²) in [7, 11) is 3.94. The molecule has 7 nitrogen and oxygen atoms in total. The molecule has 1 rings (SSSR count). The van der Waals surface area contributed by atoms with E-state index in [0.29, 0.717) is 0 Å². The van der Waals surface area contributed by atoms with E-state index in [1.807, 2.05) is 25.9 Å². The fourth-order valence-electron chi connectivity index (χ4n) is 1.38. The summed E-state index contributed by atoms with van der Waals surface area (Å²) >= 11 is 5.69. The highest BCUT2D eigenvalue weighted by Gasteiger charge is 2.22. The summed E-state index contributed by atoms with van der Waals surface area (Å²) in [6.45, 7) is 2.81. The number of halogens is 1. The highest BCUT2D eigenvalue weighted by molar-refractivity contribution is 6.31. The molecule has 0 spiro atoms. The number of hydrogen-bond donors (Lipinski definition) is 1. The molecule has 8 heteroatoms. The van der Waals surface area contributed by atoms with Gasteiger partial charge in [-0.3, -0.25) is 10.1 Å². The quantitative estimate of drug-likeness (QED) is 0.483. The van der Waals surface area contributed by atoms with Crippen molar-refractivity contribution < 1.29 is 4.92 Å². The molecule has 1 aromatic rings. The molecule has 0 bridgehead atoms. The van der Waals surface area contributed by atoms with E-state index >= 15 is 0 Å². The van der Waals surface area contributed by atoms with E-state index in [-0.39, 0.29) is 22.7 Å². The Labute approximate surface area is 110 Å². The predicted molar refractivity (Wildman–Crippen MR) is 70.0 cm³/mol. The lowest BCUT2D eigenvalue weighted by atomic mass is 10.2. The molecule has 1 unspecified atom stereocenters. The summed E-state index contributed by atoms with van der Waals surface area (Å²) in [5, 5.41) is 13.7. The van der Waals surface area contributed by atoms with Crippen LogP contribution in [0.15, 0.2) is 6.33 Å². The van der Waals surface area contributed by atoms with Gasteiger partial charge in [0.25, 0.3) is 0 Å². The summed E-state index contributed by atoms with van der Waals surface area (Å²) in [4.78, 5) is 19.8. The number of aromatic nitrogens is 2. The van der Waals surface area contributed by atoms with Crippen LogP contribution in [0.25, 0.3) is 0 Å². The van der Waals surface area contributed by atoms with Gasteiger partial charge in [-0.2, -0.15) is 0 Å². The van der Waals surface area contributed by atoms with Gasteiger partial charge in [-0.25, -0.2) is 9.97 Å². The van der Waals surface area contributed by atoms with Crippen LogP contribution < -0.4 is 5.32 Å². The fraction of sp³-hybridized carbons (Fsp3) is 0.600. The standard InChI is InChI=1S/C10H16ClN5O2/c1-7(4-5-15(2)3)14-10-8(16(17)18)9(11)12-6-13-10/h6-7H,4-5H2,1-3H3,(H,12,13,14). The smallest absolute Gasteiger partial charge is 0.348 e. The SMILES string of the molecule is CC(CCN(C)C)Nc1ncnc(Cl)c1[N+](=O)[O-]. The Morgan fingerprint density at radius 2 is 2.22 bits per heavy atom. The van der Waals surface area contributed by atoms with Gasteiger partial charge in [-0.15, -0.1) is 0 Å². The number of nitrogens with one attached hydrogen (secondary N) is 1. The van der Waals surface area contributed by atoms with E-state index in [1.165, 1.54) is 6.33 Å². The van der Waals surface area contributed by atoms with Gasteiger partial charge in [0.15, 0.2) is 0 Å². The lowest BCUT2D eigenvalue weighted by molar-refractivity contribution is -0.384. The van der Waals surface area contributed by atoms with Crippen molar-refractivity contribution in [3.05, 3.63) is 21.6 Å². The maximum absolute atomic E-state index is 10.9. The van der Waals surface area contributed by atoms with Crippen LogP contribution in [0.3, 0.4) is 0 Å². The van der Waals surface area contributed by atoms with Crippen LogP contribution in [-0.4, -0.2) is 46.5 Å². The van der Waals surface area contributed by atoms with Gasteiger partial charge in [0.1, 0.15) is 6.33 Å². The van der Waals surface area contributed by atoms with E-state index in [0.717, 1.165) is 13.0 Å². The molecule has 1 aromatic heterocycles. The van der Waals surface area contributed by atoms with Gasteiger partial charge in [-0.1, -0.05) is 11.6 Å². The lowest BCUT2D eigenvalue weighted by Crippen LogP contribution is -2.23. The second-order valence-electron chi connectivity index (χ2n) is 4.26. The predicted octanol–water partition coefficient (Wildman–Crippen LogP) is 1.79. The van der Waals surface area contributed by atoms with Gasteiger partial charge >= 0.3 is 5.69 Å².